The van der Waals surface area contributed by atoms with E-state index < -0.39 is 5.60 Å². The number of allylic oxidation sites excluding steroid dienone is 1. The molecule has 0 heterocycles. The molecule has 0 spiro atoms. The van der Waals surface area contributed by atoms with Crippen LogP contribution < -0.4 is 0 Å². The van der Waals surface area contributed by atoms with Crippen LogP contribution in [0.25, 0.3) is 0 Å². The Hall–Kier alpha value is -0.340. The van der Waals surface area contributed by atoms with E-state index in [4.69, 9.17) is 5.11 Å². The monoisotopic (exact) mass is 128 g/mol. The van der Waals surface area contributed by atoms with Crippen LogP contribution in [0.3, 0.4) is 0 Å². The highest BCUT2D eigenvalue weighted by Gasteiger charge is 2.25. The highest BCUT2D eigenvalue weighted by atomic mass is 16.3. The van der Waals surface area contributed by atoms with Crippen molar-refractivity contribution in [1.29, 1.82) is 0 Å². The molecule has 2 heteroatoms. The zero-order valence-electron chi connectivity index (χ0n) is 5.38. The van der Waals surface area contributed by atoms with Crippen molar-refractivity contribution < 1.29 is 10.2 Å². The molecule has 1 aliphatic carbocycles. The average molecular weight is 128 g/mol. The fraction of sp³-hybridized carbons (Fsp3) is 0.714. The normalized spacial score (nSPS) is 34.9. The van der Waals surface area contributed by atoms with Crippen LogP contribution >= 0.6 is 0 Å². The molecule has 0 aromatic carbocycles. The minimum absolute atomic E-state index is 0.114. The molecule has 0 saturated carbocycles. The first kappa shape index (κ1) is 6.78. The zero-order valence-corrected chi connectivity index (χ0v) is 5.38. The van der Waals surface area contributed by atoms with Gasteiger partial charge in [0.05, 0.1) is 12.2 Å². The predicted molar refractivity (Wildman–Crippen MR) is 35.0 cm³/mol. The molecule has 0 aliphatic heterocycles. The lowest BCUT2D eigenvalue weighted by Gasteiger charge is -2.26. The third-order valence-corrected chi connectivity index (χ3v) is 1.74. The molecule has 0 fully saturated rings. The summed E-state index contributed by atoms with van der Waals surface area (Å²) in [5, 5.41) is 18.0. The Balaban J connectivity index is 2.50. The number of aliphatic hydroxyl groups is 2. The molecule has 0 radical (unpaired) electrons. The van der Waals surface area contributed by atoms with Gasteiger partial charge < -0.3 is 10.2 Å². The summed E-state index contributed by atoms with van der Waals surface area (Å²) >= 11 is 0. The summed E-state index contributed by atoms with van der Waals surface area (Å²) in [5.74, 6) is 0. The van der Waals surface area contributed by atoms with Crippen molar-refractivity contribution in [2.45, 2.75) is 24.9 Å². The van der Waals surface area contributed by atoms with E-state index in [2.05, 4.69) is 0 Å². The van der Waals surface area contributed by atoms with Crippen LogP contribution in [0.15, 0.2) is 12.2 Å². The van der Waals surface area contributed by atoms with Crippen LogP contribution in [0.2, 0.25) is 0 Å². The molecule has 0 amide bonds. The van der Waals surface area contributed by atoms with Gasteiger partial charge in [0.15, 0.2) is 0 Å². The van der Waals surface area contributed by atoms with E-state index in [0.29, 0.717) is 12.8 Å². The van der Waals surface area contributed by atoms with Crippen molar-refractivity contribution in [2.75, 3.05) is 6.61 Å². The van der Waals surface area contributed by atoms with Gasteiger partial charge >= 0.3 is 0 Å². The SMILES string of the molecule is OC[C@]1(O)CC=CCC1. The van der Waals surface area contributed by atoms with Gasteiger partial charge in [-0.1, -0.05) is 12.2 Å². The number of hydrogen-bond donors (Lipinski definition) is 2. The zero-order chi connectivity index (χ0) is 6.74. The second-order valence-corrected chi connectivity index (χ2v) is 2.60. The summed E-state index contributed by atoms with van der Waals surface area (Å²) in [4.78, 5) is 0. The van der Waals surface area contributed by atoms with Crippen molar-refractivity contribution in [2.24, 2.45) is 0 Å². The predicted octanol–water partition coefficient (Wildman–Crippen LogP) is 0.450. The van der Waals surface area contributed by atoms with Crippen molar-refractivity contribution in [1.82, 2.24) is 0 Å². The smallest absolute Gasteiger partial charge is 0.0914 e. The molecule has 1 aliphatic rings. The van der Waals surface area contributed by atoms with E-state index in [1.807, 2.05) is 12.2 Å². The van der Waals surface area contributed by atoms with Crippen molar-refractivity contribution >= 4 is 0 Å². The molecule has 9 heavy (non-hydrogen) atoms. The lowest BCUT2D eigenvalue weighted by atomic mass is 9.90. The van der Waals surface area contributed by atoms with Crippen LogP contribution in [0.1, 0.15) is 19.3 Å². The fourth-order valence-corrected chi connectivity index (χ4v) is 1.02. The Bertz CT molecular complexity index is 120. The molecule has 1 atom stereocenters. The van der Waals surface area contributed by atoms with Crippen molar-refractivity contribution in [3.63, 3.8) is 0 Å². The van der Waals surface area contributed by atoms with Gasteiger partial charge in [-0.05, 0) is 19.3 Å². The molecule has 0 unspecified atom stereocenters. The Labute approximate surface area is 54.8 Å². The first-order chi connectivity index (χ1) is 4.27. The number of aliphatic hydroxyl groups excluding tert-OH is 1. The second-order valence-electron chi connectivity index (χ2n) is 2.60. The van der Waals surface area contributed by atoms with Gasteiger partial charge in [0.1, 0.15) is 0 Å². The summed E-state index contributed by atoms with van der Waals surface area (Å²) in [6.45, 7) is -0.114. The molecule has 0 aromatic heterocycles. The maximum atomic E-state index is 9.38. The Morgan fingerprint density at radius 1 is 1.44 bits per heavy atom. The molecule has 0 bridgehead atoms. The second kappa shape index (κ2) is 2.50. The van der Waals surface area contributed by atoms with Gasteiger partial charge in [0.25, 0.3) is 0 Å². The molecule has 0 saturated heterocycles. The third-order valence-electron chi connectivity index (χ3n) is 1.74. The lowest BCUT2D eigenvalue weighted by Crippen LogP contribution is -2.33. The summed E-state index contributed by atoms with van der Waals surface area (Å²) < 4.78 is 0. The van der Waals surface area contributed by atoms with E-state index in [-0.39, 0.29) is 6.61 Å². The largest absolute Gasteiger partial charge is 0.393 e. The number of hydrogen-bond acceptors (Lipinski definition) is 2. The minimum Gasteiger partial charge on any atom is -0.393 e. The molecular formula is C7H12O2. The Morgan fingerprint density at radius 2 is 2.22 bits per heavy atom. The van der Waals surface area contributed by atoms with E-state index >= 15 is 0 Å². The van der Waals surface area contributed by atoms with Gasteiger partial charge in [-0.2, -0.15) is 0 Å². The van der Waals surface area contributed by atoms with Crippen LogP contribution in [0.5, 0.6) is 0 Å². The fourth-order valence-electron chi connectivity index (χ4n) is 1.02. The lowest BCUT2D eigenvalue weighted by molar-refractivity contribution is -0.0208. The topological polar surface area (TPSA) is 40.5 Å². The minimum atomic E-state index is -0.811. The first-order valence-electron chi connectivity index (χ1n) is 3.25. The standard InChI is InChI=1S/C7H12O2/c8-6-7(9)4-2-1-3-5-7/h1-2,8-9H,3-6H2/t7-/m0/s1. The van der Waals surface area contributed by atoms with Gasteiger partial charge in [-0.3, -0.25) is 0 Å². The highest BCUT2D eigenvalue weighted by Crippen LogP contribution is 2.21. The van der Waals surface area contributed by atoms with Gasteiger partial charge in [-0.25, -0.2) is 0 Å². The van der Waals surface area contributed by atoms with Gasteiger partial charge in [0, 0.05) is 0 Å². The maximum Gasteiger partial charge on any atom is 0.0914 e. The van der Waals surface area contributed by atoms with Gasteiger partial charge in [0.2, 0.25) is 0 Å². The summed E-state index contributed by atoms with van der Waals surface area (Å²) in [5.41, 5.74) is -0.811. The third kappa shape index (κ3) is 1.53. The molecule has 2 N–H and O–H groups in total. The van der Waals surface area contributed by atoms with Crippen molar-refractivity contribution in [3.8, 4) is 0 Å². The van der Waals surface area contributed by atoms with Crippen LogP contribution in [0, 0.1) is 0 Å². The molecular weight excluding hydrogens is 116 g/mol. The molecule has 52 valence electrons. The summed E-state index contributed by atoms with van der Waals surface area (Å²) in [7, 11) is 0. The molecule has 0 aromatic rings. The van der Waals surface area contributed by atoms with E-state index in [0.717, 1.165) is 6.42 Å². The van der Waals surface area contributed by atoms with Crippen molar-refractivity contribution in [3.05, 3.63) is 12.2 Å². The summed E-state index contributed by atoms with van der Waals surface area (Å²) in [6.07, 6.45) is 6.13. The molecule has 2 nitrogen and oxygen atoms in total. The average Bonchev–Trinajstić information content (AvgIpc) is 1.90. The highest BCUT2D eigenvalue weighted by molar-refractivity contribution is 4.97. The van der Waals surface area contributed by atoms with Crippen LogP contribution in [-0.2, 0) is 0 Å². The first-order valence-corrected chi connectivity index (χ1v) is 3.25. The number of rotatable bonds is 1. The Kier molecular flexibility index (Phi) is 1.88. The van der Waals surface area contributed by atoms with Crippen LogP contribution in [0.4, 0.5) is 0 Å². The van der Waals surface area contributed by atoms with E-state index in [1.165, 1.54) is 0 Å². The van der Waals surface area contributed by atoms with Gasteiger partial charge in [-0.15, -0.1) is 0 Å². The van der Waals surface area contributed by atoms with Crippen LogP contribution in [-0.4, -0.2) is 22.4 Å². The quantitative estimate of drug-likeness (QED) is 0.503. The maximum absolute atomic E-state index is 9.38. The molecule has 1 rings (SSSR count). The summed E-state index contributed by atoms with van der Waals surface area (Å²) in [6, 6.07) is 0. The van der Waals surface area contributed by atoms with E-state index in [9.17, 15) is 5.11 Å². The van der Waals surface area contributed by atoms with E-state index in [1.54, 1.807) is 0 Å². The Morgan fingerprint density at radius 3 is 2.56 bits per heavy atom.